The monoisotopic (exact) mass is 430 g/mol. The number of para-hydroxylation sites is 1. The molecule has 7 nitrogen and oxygen atoms in total. The molecule has 3 aromatic rings. The van der Waals surface area contributed by atoms with Gasteiger partial charge < -0.3 is 14.0 Å². The number of ether oxygens (including phenoxy) is 2. The van der Waals surface area contributed by atoms with Crippen molar-refractivity contribution < 1.29 is 19.1 Å². The lowest BCUT2D eigenvalue weighted by molar-refractivity contribution is -0.189. The average Bonchev–Trinajstić information content (AvgIpc) is 3.16. The fourth-order valence-corrected chi connectivity index (χ4v) is 4.53. The standard InChI is InChI=1S/C25H22N2O5/c1-3-5-10-21(28)32-25(4-2)18-12-20-22-16(11-15-8-6-7-9-19(15)26-22)13-27(20)23(29)17(18)14-31-24(25)30/h3,5-9,11-12H,4,10,13-14H2,1-2H3/b5-3-/t25-/m0/s1. The van der Waals surface area contributed by atoms with Crippen LogP contribution in [0.4, 0.5) is 0 Å². The highest BCUT2D eigenvalue weighted by molar-refractivity contribution is 5.88. The average molecular weight is 430 g/mol. The molecule has 0 saturated heterocycles. The molecule has 2 aliphatic heterocycles. The minimum atomic E-state index is -1.65. The van der Waals surface area contributed by atoms with E-state index < -0.39 is 17.5 Å². The molecule has 5 rings (SSSR count). The van der Waals surface area contributed by atoms with E-state index in [0.717, 1.165) is 16.5 Å². The number of esters is 2. The molecule has 1 aromatic carbocycles. The topological polar surface area (TPSA) is 87.5 Å². The molecule has 1 atom stereocenters. The van der Waals surface area contributed by atoms with Gasteiger partial charge in [-0.1, -0.05) is 37.3 Å². The van der Waals surface area contributed by atoms with Gasteiger partial charge in [-0.3, -0.25) is 9.59 Å². The maximum absolute atomic E-state index is 13.4. The second kappa shape index (κ2) is 7.44. The molecular formula is C25H22N2O5. The Bertz CT molecular complexity index is 1370. The second-order valence-electron chi connectivity index (χ2n) is 8.01. The van der Waals surface area contributed by atoms with Crippen LogP contribution >= 0.6 is 0 Å². The zero-order chi connectivity index (χ0) is 22.5. The van der Waals surface area contributed by atoms with Crippen LogP contribution in [0.15, 0.2) is 53.3 Å². The van der Waals surface area contributed by atoms with Gasteiger partial charge in [-0.2, -0.15) is 0 Å². The molecule has 0 unspecified atom stereocenters. The van der Waals surface area contributed by atoms with Crippen LogP contribution in [0.2, 0.25) is 0 Å². The molecule has 162 valence electrons. The zero-order valence-corrected chi connectivity index (χ0v) is 17.9. The molecule has 2 aliphatic rings. The number of benzene rings is 1. The van der Waals surface area contributed by atoms with Crippen molar-refractivity contribution in [3.63, 3.8) is 0 Å². The summed E-state index contributed by atoms with van der Waals surface area (Å²) in [6.07, 6.45) is 3.57. The van der Waals surface area contributed by atoms with Crippen molar-refractivity contribution >= 4 is 22.8 Å². The first-order valence-corrected chi connectivity index (χ1v) is 10.6. The van der Waals surface area contributed by atoms with Gasteiger partial charge in [0.15, 0.2) is 0 Å². The van der Waals surface area contributed by atoms with Crippen molar-refractivity contribution in [3.05, 3.63) is 75.6 Å². The second-order valence-corrected chi connectivity index (χ2v) is 8.01. The number of pyridine rings is 2. The van der Waals surface area contributed by atoms with Gasteiger partial charge in [0.2, 0.25) is 5.60 Å². The van der Waals surface area contributed by atoms with E-state index in [1.165, 1.54) is 0 Å². The van der Waals surface area contributed by atoms with Crippen LogP contribution in [0.5, 0.6) is 0 Å². The van der Waals surface area contributed by atoms with E-state index in [1.807, 2.05) is 30.3 Å². The highest BCUT2D eigenvalue weighted by Crippen LogP contribution is 2.41. The summed E-state index contributed by atoms with van der Waals surface area (Å²) in [5, 5.41) is 0.996. The summed E-state index contributed by atoms with van der Waals surface area (Å²) in [7, 11) is 0. The van der Waals surface area contributed by atoms with Gasteiger partial charge >= 0.3 is 11.9 Å². The summed E-state index contributed by atoms with van der Waals surface area (Å²) < 4.78 is 12.7. The number of hydrogen-bond acceptors (Lipinski definition) is 6. The Balaban J connectivity index is 1.70. The van der Waals surface area contributed by atoms with E-state index in [0.29, 0.717) is 29.1 Å². The Morgan fingerprint density at radius 1 is 1.28 bits per heavy atom. The minimum absolute atomic E-state index is 0.0289. The number of aromatic nitrogens is 2. The predicted molar refractivity (Wildman–Crippen MR) is 118 cm³/mol. The maximum atomic E-state index is 13.4. The number of fused-ring (bicyclic) bond motifs is 5. The van der Waals surface area contributed by atoms with Crippen molar-refractivity contribution in [1.29, 1.82) is 0 Å². The van der Waals surface area contributed by atoms with Crippen LogP contribution < -0.4 is 5.56 Å². The summed E-state index contributed by atoms with van der Waals surface area (Å²) in [4.78, 5) is 43.6. The summed E-state index contributed by atoms with van der Waals surface area (Å²) in [5.41, 5.74) is 1.90. The van der Waals surface area contributed by atoms with Crippen LogP contribution in [0.25, 0.3) is 22.3 Å². The van der Waals surface area contributed by atoms with E-state index in [4.69, 9.17) is 14.5 Å². The molecular weight excluding hydrogens is 408 g/mol. The fourth-order valence-electron chi connectivity index (χ4n) is 4.53. The number of carbonyl (C=O) groups is 2. The first-order chi connectivity index (χ1) is 15.5. The molecule has 0 spiro atoms. The maximum Gasteiger partial charge on any atom is 0.355 e. The lowest BCUT2D eigenvalue weighted by Crippen LogP contribution is -2.47. The van der Waals surface area contributed by atoms with Crippen molar-refractivity contribution in [2.24, 2.45) is 0 Å². The van der Waals surface area contributed by atoms with Gasteiger partial charge in [0.1, 0.15) is 6.61 Å². The highest BCUT2D eigenvalue weighted by Gasteiger charge is 2.50. The third kappa shape index (κ3) is 2.88. The van der Waals surface area contributed by atoms with E-state index in [1.54, 1.807) is 36.6 Å². The Morgan fingerprint density at radius 3 is 2.88 bits per heavy atom. The van der Waals surface area contributed by atoms with Crippen molar-refractivity contribution in [2.75, 3.05) is 0 Å². The molecule has 0 bridgehead atoms. The van der Waals surface area contributed by atoms with Gasteiger partial charge in [-0.25, -0.2) is 9.78 Å². The third-order valence-electron chi connectivity index (χ3n) is 6.19. The van der Waals surface area contributed by atoms with E-state index in [2.05, 4.69) is 0 Å². The number of hydrogen-bond donors (Lipinski definition) is 0. The molecule has 0 amide bonds. The van der Waals surface area contributed by atoms with Gasteiger partial charge in [0.25, 0.3) is 5.56 Å². The third-order valence-corrected chi connectivity index (χ3v) is 6.19. The van der Waals surface area contributed by atoms with Crippen molar-refractivity contribution in [3.8, 4) is 11.4 Å². The highest BCUT2D eigenvalue weighted by atomic mass is 16.6. The first-order valence-electron chi connectivity index (χ1n) is 10.6. The number of carbonyl (C=O) groups excluding carboxylic acids is 2. The number of nitrogens with zero attached hydrogens (tertiary/aromatic N) is 2. The van der Waals surface area contributed by atoms with Crippen LogP contribution in [-0.2, 0) is 37.8 Å². The molecule has 7 heteroatoms. The van der Waals surface area contributed by atoms with Crippen LogP contribution in [0, 0.1) is 0 Å². The summed E-state index contributed by atoms with van der Waals surface area (Å²) in [5.74, 6) is -1.21. The summed E-state index contributed by atoms with van der Waals surface area (Å²) in [6, 6.07) is 11.6. The quantitative estimate of drug-likeness (QED) is 0.363. The molecule has 0 N–H and O–H groups in total. The molecule has 4 heterocycles. The van der Waals surface area contributed by atoms with Crippen LogP contribution in [0.1, 0.15) is 43.4 Å². The number of cyclic esters (lactones) is 1. The lowest BCUT2D eigenvalue weighted by Gasteiger charge is -2.35. The predicted octanol–water partition coefficient (Wildman–Crippen LogP) is 3.60. The van der Waals surface area contributed by atoms with E-state index >= 15 is 0 Å². The minimum Gasteiger partial charge on any atom is -0.457 e. The van der Waals surface area contributed by atoms with Crippen molar-refractivity contribution in [1.82, 2.24) is 9.55 Å². The Hall–Kier alpha value is -3.74. The van der Waals surface area contributed by atoms with Gasteiger partial charge in [-0.15, -0.1) is 0 Å². The Morgan fingerprint density at radius 2 is 2.09 bits per heavy atom. The van der Waals surface area contributed by atoms with E-state index in [9.17, 15) is 14.4 Å². The molecule has 0 saturated carbocycles. The SMILES string of the molecule is C/C=C\CC(=O)O[C@]1(CC)C(=O)OCc2c1cc1n(c2=O)Cc2cc3ccccc3nc2-1. The molecule has 0 aliphatic carbocycles. The molecule has 32 heavy (non-hydrogen) atoms. The van der Waals surface area contributed by atoms with Crippen molar-refractivity contribution in [2.45, 2.75) is 45.4 Å². The van der Waals surface area contributed by atoms with Crippen LogP contribution in [-0.4, -0.2) is 21.5 Å². The number of allylic oxidation sites excluding steroid dienone is 1. The van der Waals surface area contributed by atoms with E-state index in [-0.39, 0.29) is 25.0 Å². The first kappa shape index (κ1) is 20.2. The van der Waals surface area contributed by atoms with Gasteiger partial charge in [0, 0.05) is 16.5 Å². The van der Waals surface area contributed by atoms with Crippen LogP contribution in [0.3, 0.4) is 0 Å². The normalized spacial score (nSPS) is 18.9. The largest absolute Gasteiger partial charge is 0.457 e. The fraction of sp³-hybridized carbons (Fsp3) is 0.280. The summed E-state index contributed by atoms with van der Waals surface area (Å²) >= 11 is 0. The lowest BCUT2D eigenvalue weighted by atomic mass is 9.85. The van der Waals surface area contributed by atoms with Gasteiger partial charge in [0.05, 0.1) is 35.4 Å². The Labute approximate surface area is 184 Å². The molecule has 0 fully saturated rings. The molecule has 2 aromatic heterocycles. The zero-order valence-electron chi connectivity index (χ0n) is 17.9. The smallest absolute Gasteiger partial charge is 0.355 e. The van der Waals surface area contributed by atoms with Gasteiger partial charge in [-0.05, 0) is 31.5 Å². The molecule has 0 radical (unpaired) electrons. The number of rotatable bonds is 4. The summed E-state index contributed by atoms with van der Waals surface area (Å²) in [6.45, 7) is 3.78. The Kier molecular flexibility index (Phi) is 4.69.